The van der Waals surface area contributed by atoms with Crippen molar-refractivity contribution in [2.75, 3.05) is 6.54 Å². The van der Waals surface area contributed by atoms with Gasteiger partial charge in [0.1, 0.15) is 36.7 Å². The molecule has 2 N–H and O–H groups in total. The van der Waals surface area contributed by atoms with Crippen LogP contribution in [-0.4, -0.2) is 46.5 Å². The lowest BCUT2D eigenvalue weighted by molar-refractivity contribution is -0.181. The highest BCUT2D eigenvalue weighted by Gasteiger charge is 2.48. The average Bonchev–Trinajstić information content (AvgIpc) is 2.97. The number of nitrogens with one attached hydrogen (secondary N) is 1. The summed E-state index contributed by atoms with van der Waals surface area (Å²) in [5, 5.41) is 21.7. The first-order valence-corrected chi connectivity index (χ1v) is 14.0. The second-order valence-electron chi connectivity index (χ2n) is 9.88. The molecule has 3 aromatic carbocycles. The van der Waals surface area contributed by atoms with Gasteiger partial charge >= 0.3 is 5.97 Å². The van der Waals surface area contributed by atoms with Crippen LogP contribution in [0.3, 0.4) is 0 Å². The van der Waals surface area contributed by atoms with Crippen LogP contribution in [0.15, 0.2) is 66.7 Å². The maximum Gasteiger partial charge on any atom is 0.322 e. The van der Waals surface area contributed by atoms with E-state index in [1.807, 2.05) is 6.92 Å². The van der Waals surface area contributed by atoms with E-state index >= 15 is 0 Å². The summed E-state index contributed by atoms with van der Waals surface area (Å²) in [4.78, 5) is 40.4. The predicted molar refractivity (Wildman–Crippen MR) is 154 cm³/mol. The second kappa shape index (κ2) is 13.8. The third kappa shape index (κ3) is 7.08. The van der Waals surface area contributed by atoms with Crippen LogP contribution in [0.2, 0.25) is 10.0 Å². The van der Waals surface area contributed by atoms with Crippen molar-refractivity contribution in [1.82, 2.24) is 10.2 Å². The summed E-state index contributed by atoms with van der Waals surface area (Å²) in [5.41, 5.74) is 1.61. The Morgan fingerprint density at radius 3 is 2.24 bits per heavy atom. The van der Waals surface area contributed by atoms with Crippen LogP contribution < -0.4 is 5.32 Å². The molecule has 0 aromatic heterocycles. The summed E-state index contributed by atoms with van der Waals surface area (Å²) in [7, 11) is 0. The average molecular weight is 612 g/mol. The van der Waals surface area contributed by atoms with Crippen LogP contribution in [0.25, 0.3) is 0 Å². The molecule has 42 heavy (non-hydrogen) atoms. The number of nitrogens with zero attached hydrogens (tertiary/aromatic N) is 2. The summed E-state index contributed by atoms with van der Waals surface area (Å²) < 4.78 is 21.0. The number of carboxylic acids is 1. The van der Waals surface area contributed by atoms with Crippen LogP contribution in [0.5, 0.6) is 0 Å². The zero-order chi connectivity index (χ0) is 30.4. The van der Waals surface area contributed by atoms with Crippen molar-refractivity contribution in [3.05, 3.63) is 105 Å². The largest absolute Gasteiger partial charge is 0.480 e. The Morgan fingerprint density at radius 2 is 1.69 bits per heavy atom. The van der Waals surface area contributed by atoms with Gasteiger partial charge in [-0.15, -0.1) is 0 Å². The molecule has 2 amide bonds. The molecule has 1 unspecified atom stereocenters. The minimum atomic E-state index is -1.22. The van der Waals surface area contributed by atoms with Gasteiger partial charge in [-0.05, 0) is 59.5 Å². The number of carboxylic acid groups (broad SMARTS) is 1. The number of ether oxygens (including phenoxy) is 1. The van der Waals surface area contributed by atoms with E-state index in [0.717, 1.165) is 0 Å². The number of carbonyl (C=O) groups is 3. The molecule has 1 fully saturated rings. The van der Waals surface area contributed by atoms with E-state index in [1.165, 1.54) is 17.0 Å². The van der Waals surface area contributed by atoms with Crippen molar-refractivity contribution in [3.8, 4) is 6.07 Å². The van der Waals surface area contributed by atoms with Gasteiger partial charge in [0.15, 0.2) is 0 Å². The number of hydrogen-bond acceptors (Lipinski definition) is 5. The van der Waals surface area contributed by atoms with E-state index in [4.69, 9.17) is 33.2 Å². The van der Waals surface area contributed by atoms with Gasteiger partial charge in [0.25, 0.3) is 5.91 Å². The normalized spacial score (nSPS) is 19.2. The van der Waals surface area contributed by atoms with E-state index in [-0.39, 0.29) is 18.4 Å². The van der Waals surface area contributed by atoms with Gasteiger partial charge in [0.05, 0.1) is 11.6 Å². The zero-order valence-corrected chi connectivity index (χ0v) is 24.1. The summed E-state index contributed by atoms with van der Waals surface area (Å²) in [6.07, 6.45) is -1.20. The first-order chi connectivity index (χ1) is 20.1. The maximum absolute atomic E-state index is 14.5. The molecule has 4 rings (SSSR count). The van der Waals surface area contributed by atoms with Crippen LogP contribution in [-0.2, 0) is 25.5 Å². The summed E-state index contributed by atoms with van der Waals surface area (Å²) in [6, 6.07) is 17.7. The molecule has 218 valence electrons. The Labute approximate surface area is 252 Å². The standard InChI is InChI=1S/C31H28Cl2FN3O5/c1-2-3-25(30(40)36-17-27(38)39)37-28(19-6-10-22(32)11-7-19)29(20-8-12-23(33)13-9-20)42-26(31(37)41)15-18-4-5-21(16-35)24(34)14-18/h4-14,25-26,28-29H,2-3,15,17H2,1H3,(H,36,40)(H,38,39)/t25?,26-,28+,29-/m0/s1. The third-order valence-corrected chi connectivity index (χ3v) is 7.53. The van der Waals surface area contributed by atoms with Gasteiger partial charge in [-0.1, -0.05) is 66.9 Å². The van der Waals surface area contributed by atoms with Crippen LogP contribution >= 0.6 is 23.2 Å². The van der Waals surface area contributed by atoms with Crippen molar-refractivity contribution in [2.45, 2.75) is 50.5 Å². The predicted octanol–water partition coefficient (Wildman–Crippen LogP) is 5.63. The van der Waals surface area contributed by atoms with E-state index in [2.05, 4.69) is 5.32 Å². The monoisotopic (exact) mass is 611 g/mol. The molecule has 1 saturated heterocycles. The smallest absolute Gasteiger partial charge is 0.322 e. The van der Waals surface area contributed by atoms with Gasteiger partial charge in [-0.2, -0.15) is 5.26 Å². The Bertz CT molecular complexity index is 1490. The van der Waals surface area contributed by atoms with E-state index < -0.39 is 54.4 Å². The van der Waals surface area contributed by atoms with Crippen LogP contribution in [0.1, 0.15) is 54.2 Å². The summed E-state index contributed by atoms with van der Waals surface area (Å²) in [5.74, 6) is -3.08. The second-order valence-corrected chi connectivity index (χ2v) is 10.8. The molecule has 0 aliphatic carbocycles. The number of amides is 2. The number of nitriles is 1. The molecular formula is C31H28Cl2FN3O5. The third-order valence-electron chi connectivity index (χ3n) is 7.03. The Hall–Kier alpha value is -3.97. The first kappa shape index (κ1) is 31.0. The highest BCUT2D eigenvalue weighted by atomic mass is 35.5. The molecule has 4 atom stereocenters. The molecule has 11 heteroatoms. The quantitative estimate of drug-likeness (QED) is 0.307. The number of rotatable bonds is 10. The number of aliphatic carboxylic acids is 1. The lowest BCUT2D eigenvalue weighted by atomic mass is 9.88. The molecule has 0 radical (unpaired) electrons. The van der Waals surface area contributed by atoms with Crippen molar-refractivity contribution < 1.29 is 28.6 Å². The Morgan fingerprint density at radius 1 is 1.07 bits per heavy atom. The van der Waals surface area contributed by atoms with E-state index in [1.54, 1.807) is 60.7 Å². The maximum atomic E-state index is 14.5. The molecule has 0 saturated carbocycles. The molecular weight excluding hydrogens is 584 g/mol. The van der Waals surface area contributed by atoms with Crippen LogP contribution in [0.4, 0.5) is 4.39 Å². The molecule has 8 nitrogen and oxygen atoms in total. The van der Waals surface area contributed by atoms with Gasteiger partial charge in [-0.25, -0.2) is 4.39 Å². The number of benzene rings is 3. The Balaban J connectivity index is 1.85. The zero-order valence-electron chi connectivity index (χ0n) is 22.6. The molecule has 1 aliphatic rings. The van der Waals surface area contributed by atoms with E-state index in [9.17, 15) is 23.9 Å². The fraction of sp³-hybridized carbons (Fsp3) is 0.290. The van der Waals surface area contributed by atoms with Crippen LogP contribution in [0, 0.1) is 17.1 Å². The first-order valence-electron chi connectivity index (χ1n) is 13.3. The fourth-order valence-electron chi connectivity index (χ4n) is 5.09. The summed E-state index contributed by atoms with van der Waals surface area (Å²) in [6.45, 7) is 1.24. The highest BCUT2D eigenvalue weighted by molar-refractivity contribution is 6.30. The topological polar surface area (TPSA) is 120 Å². The number of hydrogen-bond donors (Lipinski definition) is 2. The van der Waals surface area contributed by atoms with Crippen molar-refractivity contribution in [2.24, 2.45) is 0 Å². The van der Waals surface area contributed by atoms with Gasteiger partial charge in [0.2, 0.25) is 5.91 Å². The lowest BCUT2D eigenvalue weighted by Gasteiger charge is -2.47. The highest BCUT2D eigenvalue weighted by Crippen LogP contribution is 2.44. The summed E-state index contributed by atoms with van der Waals surface area (Å²) >= 11 is 12.3. The van der Waals surface area contributed by atoms with Crippen molar-refractivity contribution in [3.63, 3.8) is 0 Å². The molecule has 3 aromatic rings. The molecule has 0 spiro atoms. The minimum absolute atomic E-state index is 0.0367. The fourth-order valence-corrected chi connectivity index (χ4v) is 5.34. The number of morpholine rings is 1. The molecule has 0 bridgehead atoms. The van der Waals surface area contributed by atoms with E-state index in [0.29, 0.717) is 33.2 Å². The Kier molecular flexibility index (Phi) is 10.2. The van der Waals surface area contributed by atoms with Gasteiger partial charge in [0, 0.05) is 16.5 Å². The SMILES string of the molecule is CCCC(C(=O)NCC(=O)O)N1C(=O)[C@H](Cc2ccc(C#N)c(F)c2)O[C@@H](c2ccc(Cl)cc2)[C@H]1c1ccc(Cl)cc1. The van der Waals surface area contributed by atoms with Gasteiger partial charge < -0.3 is 20.1 Å². The number of carbonyl (C=O) groups excluding carboxylic acids is 2. The minimum Gasteiger partial charge on any atom is -0.480 e. The lowest BCUT2D eigenvalue weighted by Crippen LogP contribution is -2.59. The molecule has 1 heterocycles. The number of halogens is 3. The van der Waals surface area contributed by atoms with Crippen molar-refractivity contribution >= 4 is 41.0 Å². The molecule has 1 aliphatic heterocycles. The van der Waals surface area contributed by atoms with Gasteiger partial charge in [-0.3, -0.25) is 14.4 Å². The van der Waals surface area contributed by atoms with Crippen molar-refractivity contribution in [1.29, 1.82) is 5.26 Å².